The quantitative estimate of drug-likeness (QED) is 0.267. The predicted molar refractivity (Wildman–Crippen MR) is 97.6 cm³/mol. The summed E-state index contributed by atoms with van der Waals surface area (Å²) in [6.45, 7) is -0.212. The van der Waals surface area contributed by atoms with E-state index < -0.39 is 42.7 Å². The van der Waals surface area contributed by atoms with E-state index in [-0.39, 0.29) is 0 Å². The van der Waals surface area contributed by atoms with E-state index in [0.717, 1.165) is 25.2 Å². The van der Waals surface area contributed by atoms with E-state index in [2.05, 4.69) is 11.7 Å². The molecular formula is C21H30F8O2. The summed E-state index contributed by atoms with van der Waals surface area (Å²) in [7, 11) is 0. The molecule has 182 valence electrons. The normalized spacial score (nSPS) is 28.6. The zero-order valence-corrected chi connectivity index (χ0v) is 17.5. The van der Waals surface area contributed by atoms with Crippen molar-refractivity contribution in [3.05, 3.63) is 0 Å². The van der Waals surface area contributed by atoms with Gasteiger partial charge in [0.1, 0.15) is 0 Å². The highest BCUT2D eigenvalue weighted by atomic mass is 19.4. The molecule has 0 unspecified atom stereocenters. The third-order valence-electron chi connectivity index (χ3n) is 6.91. The van der Waals surface area contributed by atoms with E-state index >= 15 is 0 Å². The van der Waals surface area contributed by atoms with Crippen LogP contribution in [-0.4, -0.2) is 36.8 Å². The van der Waals surface area contributed by atoms with Gasteiger partial charge in [0.05, 0.1) is 5.92 Å². The topological polar surface area (TPSA) is 26.3 Å². The first-order chi connectivity index (χ1) is 14.3. The molecule has 0 aromatic heterocycles. The van der Waals surface area contributed by atoms with Crippen molar-refractivity contribution in [2.45, 2.75) is 95.3 Å². The van der Waals surface area contributed by atoms with Crippen molar-refractivity contribution >= 4 is 5.97 Å². The molecule has 2 saturated carbocycles. The number of carbonyl (C=O) groups excluding carboxylic acids is 1. The van der Waals surface area contributed by atoms with E-state index in [1.54, 1.807) is 0 Å². The number of hydrogen-bond acceptors (Lipinski definition) is 2. The van der Waals surface area contributed by atoms with Gasteiger partial charge in [0.15, 0.2) is 6.61 Å². The zero-order chi connectivity index (χ0) is 23.4. The molecule has 0 aromatic carbocycles. The van der Waals surface area contributed by atoms with Gasteiger partial charge in [-0.15, -0.1) is 0 Å². The summed E-state index contributed by atoms with van der Waals surface area (Å²) in [6, 6.07) is 0. The monoisotopic (exact) mass is 466 g/mol. The van der Waals surface area contributed by atoms with Crippen LogP contribution >= 0.6 is 0 Å². The number of ether oxygens (including phenoxy) is 1. The molecule has 0 radical (unpaired) electrons. The molecule has 0 aliphatic heterocycles. The van der Waals surface area contributed by atoms with E-state index in [1.807, 2.05) is 0 Å². The van der Waals surface area contributed by atoms with Crippen molar-refractivity contribution < 1.29 is 44.7 Å². The van der Waals surface area contributed by atoms with Crippen LogP contribution in [-0.2, 0) is 9.53 Å². The lowest BCUT2D eigenvalue weighted by Crippen LogP contribution is -2.59. The number of carbonyl (C=O) groups is 1. The van der Waals surface area contributed by atoms with E-state index in [4.69, 9.17) is 0 Å². The second-order valence-corrected chi connectivity index (χ2v) is 8.99. The van der Waals surface area contributed by atoms with Crippen LogP contribution < -0.4 is 0 Å². The highest BCUT2D eigenvalue weighted by Crippen LogP contribution is 2.49. The Kier molecular flexibility index (Phi) is 8.64. The van der Waals surface area contributed by atoms with Crippen molar-refractivity contribution in [2.75, 3.05) is 6.61 Å². The molecule has 0 spiro atoms. The Balaban J connectivity index is 1.81. The van der Waals surface area contributed by atoms with E-state index in [0.29, 0.717) is 37.5 Å². The number of halogens is 8. The molecule has 2 fully saturated rings. The summed E-state index contributed by atoms with van der Waals surface area (Å²) >= 11 is 0. The summed E-state index contributed by atoms with van der Waals surface area (Å²) in [4.78, 5) is 12.0. The van der Waals surface area contributed by atoms with Gasteiger partial charge in [0, 0.05) is 0 Å². The van der Waals surface area contributed by atoms with Gasteiger partial charge in [0.25, 0.3) is 0 Å². The smallest absolute Gasteiger partial charge is 0.381 e. The van der Waals surface area contributed by atoms with Gasteiger partial charge in [0.2, 0.25) is 0 Å². The Morgan fingerprint density at radius 1 is 0.871 bits per heavy atom. The minimum Gasteiger partial charge on any atom is -0.459 e. The zero-order valence-electron chi connectivity index (χ0n) is 17.5. The first kappa shape index (κ1) is 26.2. The lowest BCUT2D eigenvalue weighted by Gasteiger charge is -2.37. The molecule has 0 atom stereocenters. The molecule has 0 bridgehead atoms. The second-order valence-electron chi connectivity index (χ2n) is 8.99. The summed E-state index contributed by atoms with van der Waals surface area (Å²) in [5.74, 6) is -18.5. The van der Waals surface area contributed by atoms with Crippen molar-refractivity contribution in [2.24, 2.45) is 23.7 Å². The molecule has 10 heteroatoms. The molecule has 2 aliphatic rings. The lowest BCUT2D eigenvalue weighted by molar-refractivity contribution is -0.344. The summed E-state index contributed by atoms with van der Waals surface area (Å²) in [5, 5.41) is 0. The standard InChI is InChI=1S/C21H30F8O2/c1-2-3-13-4-6-14(7-5-13)15-8-10-16(11-9-15)17(30)31-12-19(24,25)21(28,29)20(26,27)18(22)23/h13-16,18H,2-12H2,1H3. The lowest BCUT2D eigenvalue weighted by atomic mass is 9.69. The molecule has 0 amide bonds. The van der Waals surface area contributed by atoms with Gasteiger partial charge in [-0.25, -0.2) is 8.78 Å². The minimum absolute atomic E-state index is 0.341. The van der Waals surface area contributed by atoms with Gasteiger partial charge in [-0.1, -0.05) is 32.6 Å². The Hall–Kier alpha value is -1.09. The summed E-state index contributed by atoms with van der Waals surface area (Å²) < 4.78 is 108. The minimum atomic E-state index is -6.36. The van der Waals surface area contributed by atoms with Crippen LogP contribution in [0.3, 0.4) is 0 Å². The van der Waals surface area contributed by atoms with Crippen LogP contribution in [0, 0.1) is 23.7 Å². The highest BCUT2D eigenvalue weighted by molar-refractivity contribution is 5.72. The SMILES string of the molecule is CCCC1CCC(C2CCC(C(=O)OCC(F)(F)C(F)(F)C(F)(F)C(F)F)CC2)CC1. The van der Waals surface area contributed by atoms with Crippen LogP contribution in [0.2, 0.25) is 0 Å². The van der Waals surface area contributed by atoms with E-state index in [9.17, 15) is 39.9 Å². The fourth-order valence-electron chi connectivity index (χ4n) is 4.93. The Morgan fingerprint density at radius 2 is 1.35 bits per heavy atom. The molecule has 0 aromatic rings. The largest absolute Gasteiger partial charge is 0.459 e. The van der Waals surface area contributed by atoms with Gasteiger partial charge < -0.3 is 4.74 Å². The Morgan fingerprint density at radius 3 is 1.81 bits per heavy atom. The first-order valence-electron chi connectivity index (χ1n) is 10.9. The van der Waals surface area contributed by atoms with Crippen molar-refractivity contribution in [1.29, 1.82) is 0 Å². The van der Waals surface area contributed by atoms with Crippen LogP contribution in [0.4, 0.5) is 35.1 Å². The first-order valence-corrected chi connectivity index (χ1v) is 10.9. The van der Waals surface area contributed by atoms with Gasteiger partial charge >= 0.3 is 30.2 Å². The molecule has 2 rings (SSSR count). The summed E-state index contributed by atoms with van der Waals surface area (Å²) in [6.07, 6.45) is 4.01. The van der Waals surface area contributed by atoms with Gasteiger partial charge in [-0.2, -0.15) is 26.3 Å². The molecule has 0 heterocycles. The number of alkyl halides is 8. The third-order valence-corrected chi connectivity index (χ3v) is 6.91. The molecule has 2 nitrogen and oxygen atoms in total. The van der Waals surface area contributed by atoms with E-state index in [1.165, 1.54) is 19.3 Å². The maximum Gasteiger partial charge on any atom is 0.381 e. The number of hydrogen-bond donors (Lipinski definition) is 0. The van der Waals surface area contributed by atoms with Crippen LogP contribution in [0.1, 0.15) is 71.1 Å². The maximum atomic E-state index is 13.5. The average molecular weight is 466 g/mol. The van der Waals surface area contributed by atoms with Crippen LogP contribution in [0.15, 0.2) is 0 Å². The molecule has 31 heavy (non-hydrogen) atoms. The predicted octanol–water partition coefficient (Wildman–Crippen LogP) is 7.11. The summed E-state index contributed by atoms with van der Waals surface area (Å²) in [5.41, 5.74) is 0. The Bertz CT molecular complexity index is 580. The van der Waals surface area contributed by atoms with Crippen molar-refractivity contribution in [3.63, 3.8) is 0 Å². The van der Waals surface area contributed by atoms with Gasteiger partial charge in [-0.3, -0.25) is 4.79 Å². The van der Waals surface area contributed by atoms with Gasteiger partial charge in [-0.05, 0) is 56.3 Å². The second kappa shape index (κ2) is 10.2. The van der Waals surface area contributed by atoms with Crippen LogP contribution in [0.25, 0.3) is 0 Å². The van der Waals surface area contributed by atoms with Crippen molar-refractivity contribution in [3.8, 4) is 0 Å². The van der Waals surface area contributed by atoms with Crippen LogP contribution in [0.5, 0.6) is 0 Å². The average Bonchev–Trinajstić information content (AvgIpc) is 2.72. The Labute approximate surface area is 177 Å². The fraction of sp³-hybridized carbons (Fsp3) is 0.952. The fourth-order valence-corrected chi connectivity index (χ4v) is 4.93. The molecule has 0 saturated heterocycles. The number of esters is 1. The molecule has 2 aliphatic carbocycles. The highest BCUT2D eigenvalue weighted by Gasteiger charge is 2.75. The number of rotatable bonds is 9. The molecular weight excluding hydrogens is 436 g/mol. The van der Waals surface area contributed by atoms with Crippen molar-refractivity contribution in [1.82, 2.24) is 0 Å². The maximum absolute atomic E-state index is 13.5. The third kappa shape index (κ3) is 5.83. The molecule has 0 N–H and O–H groups in total.